The van der Waals surface area contributed by atoms with Gasteiger partial charge in [0.05, 0.1) is 11.0 Å². The Morgan fingerprint density at radius 1 is 0.829 bits per heavy atom. The Hall–Kier alpha value is -5.40. The van der Waals surface area contributed by atoms with Crippen LogP contribution in [0.1, 0.15) is 29.2 Å². The minimum Gasteiger partial charge on any atom is -0.398 e. The smallest absolute Gasteiger partial charge is 0.141 e. The number of benzene rings is 4. The second-order valence-electron chi connectivity index (χ2n) is 10.6. The molecule has 2 atom stereocenters. The molecule has 7 rings (SSSR count). The monoisotopic (exact) mass is 528 g/mol. The summed E-state index contributed by atoms with van der Waals surface area (Å²) in [5.41, 5.74) is 15.5. The summed E-state index contributed by atoms with van der Waals surface area (Å²) in [6.07, 6.45) is 8.93. The molecule has 1 saturated carbocycles. The molecule has 0 aliphatic heterocycles. The zero-order valence-corrected chi connectivity index (χ0v) is 22.5. The van der Waals surface area contributed by atoms with E-state index in [2.05, 4.69) is 119 Å². The number of hydrogen-bond donors (Lipinski definition) is 1. The van der Waals surface area contributed by atoms with E-state index in [9.17, 15) is 0 Å². The molecule has 1 aliphatic rings. The summed E-state index contributed by atoms with van der Waals surface area (Å²) in [7, 11) is 0. The van der Waals surface area contributed by atoms with Gasteiger partial charge in [0, 0.05) is 33.9 Å². The number of hydrogen-bond acceptors (Lipinski definition) is 3. The summed E-state index contributed by atoms with van der Waals surface area (Å²) in [5, 5.41) is 11.6. The highest BCUT2D eigenvalue weighted by Crippen LogP contribution is 2.49. The first-order chi connectivity index (χ1) is 20.2. The standard InChI is InChI=1S/C37H28N4/c38-24-30-20-29(18-19-40-30)35(39)13-7-10-27-22-32(27)28-15-17-37-34(23-28)33-21-26(25-8-3-1-4-9-25)14-16-36(33)41(37)31-11-5-2-6-12-31/h1-21,23,27,32H,22,39H2/b10-7-,35-13-. The average molecular weight is 529 g/mol. The molecule has 4 aromatic carbocycles. The predicted octanol–water partition coefficient (Wildman–Crippen LogP) is 8.38. The number of rotatable bonds is 6. The van der Waals surface area contributed by atoms with Gasteiger partial charge >= 0.3 is 0 Å². The number of allylic oxidation sites excluding steroid dienone is 3. The van der Waals surface area contributed by atoms with Crippen molar-refractivity contribution < 1.29 is 0 Å². The van der Waals surface area contributed by atoms with Crippen LogP contribution in [0.25, 0.3) is 44.3 Å². The molecule has 0 bridgehead atoms. The number of fused-ring (bicyclic) bond motifs is 3. The average Bonchev–Trinajstić information content (AvgIpc) is 3.74. The summed E-state index contributed by atoms with van der Waals surface area (Å²) in [6.45, 7) is 0. The summed E-state index contributed by atoms with van der Waals surface area (Å²) in [6, 6.07) is 40.6. The van der Waals surface area contributed by atoms with E-state index in [0.29, 0.717) is 23.2 Å². The zero-order valence-electron chi connectivity index (χ0n) is 22.5. The molecule has 1 aliphatic carbocycles. The lowest BCUT2D eigenvalue weighted by atomic mass is 10.0. The quantitative estimate of drug-likeness (QED) is 0.221. The molecule has 0 spiro atoms. The number of nitriles is 1. The Balaban J connectivity index is 1.23. The zero-order chi connectivity index (χ0) is 27.8. The van der Waals surface area contributed by atoms with Gasteiger partial charge in [-0.25, -0.2) is 4.98 Å². The molecular weight excluding hydrogens is 500 g/mol. The van der Waals surface area contributed by atoms with E-state index in [1.54, 1.807) is 12.3 Å². The van der Waals surface area contributed by atoms with Crippen LogP contribution >= 0.6 is 0 Å². The Morgan fingerprint density at radius 3 is 2.34 bits per heavy atom. The van der Waals surface area contributed by atoms with Gasteiger partial charge in [-0.15, -0.1) is 0 Å². The van der Waals surface area contributed by atoms with Crippen molar-refractivity contribution in [3.63, 3.8) is 0 Å². The van der Waals surface area contributed by atoms with Crippen LogP contribution in [0.2, 0.25) is 0 Å². The van der Waals surface area contributed by atoms with Gasteiger partial charge in [-0.3, -0.25) is 0 Å². The van der Waals surface area contributed by atoms with Gasteiger partial charge in [-0.2, -0.15) is 5.26 Å². The van der Waals surface area contributed by atoms with Crippen molar-refractivity contribution in [2.75, 3.05) is 0 Å². The van der Waals surface area contributed by atoms with Crippen molar-refractivity contribution in [1.82, 2.24) is 9.55 Å². The lowest BCUT2D eigenvalue weighted by Crippen LogP contribution is -1.97. The van der Waals surface area contributed by atoms with E-state index in [1.165, 1.54) is 44.2 Å². The highest BCUT2D eigenvalue weighted by atomic mass is 15.0. The third kappa shape index (κ3) is 4.68. The topological polar surface area (TPSA) is 67.6 Å². The van der Waals surface area contributed by atoms with Crippen molar-refractivity contribution in [2.45, 2.75) is 12.3 Å². The van der Waals surface area contributed by atoms with Crippen LogP contribution in [-0.4, -0.2) is 9.55 Å². The SMILES string of the molecule is N#Cc1cc(/C(N)=C/C=C\C2CC2c2ccc3c(c2)c2cc(-c4ccccc4)ccc2n3-c2ccccc2)ccn1. The van der Waals surface area contributed by atoms with E-state index in [-0.39, 0.29) is 0 Å². The lowest BCUT2D eigenvalue weighted by molar-refractivity contribution is 1.01. The number of para-hydroxylation sites is 1. The van der Waals surface area contributed by atoms with Crippen LogP contribution in [-0.2, 0) is 0 Å². The Kier molecular flexibility index (Phi) is 6.18. The molecule has 196 valence electrons. The molecule has 0 amide bonds. The van der Waals surface area contributed by atoms with E-state index in [1.807, 2.05) is 18.2 Å². The van der Waals surface area contributed by atoms with Crippen LogP contribution in [0.3, 0.4) is 0 Å². The number of nitrogens with two attached hydrogens (primary N) is 1. The Bertz CT molecular complexity index is 1990. The molecule has 2 unspecified atom stereocenters. The van der Waals surface area contributed by atoms with Gasteiger partial charge in [0.25, 0.3) is 0 Å². The van der Waals surface area contributed by atoms with Gasteiger partial charge < -0.3 is 10.3 Å². The van der Waals surface area contributed by atoms with Gasteiger partial charge in [0.1, 0.15) is 11.8 Å². The molecule has 41 heavy (non-hydrogen) atoms. The minimum atomic E-state index is 0.366. The van der Waals surface area contributed by atoms with Gasteiger partial charge in [-0.05, 0) is 89.6 Å². The predicted molar refractivity (Wildman–Crippen MR) is 167 cm³/mol. The molecule has 4 nitrogen and oxygen atoms in total. The second kappa shape index (κ2) is 10.3. The maximum Gasteiger partial charge on any atom is 0.141 e. The number of nitrogens with zero attached hydrogens (tertiary/aromatic N) is 3. The van der Waals surface area contributed by atoms with Crippen molar-refractivity contribution in [3.8, 4) is 22.9 Å². The Labute approximate surface area is 239 Å². The van der Waals surface area contributed by atoms with Crippen LogP contribution in [0, 0.1) is 17.2 Å². The van der Waals surface area contributed by atoms with Crippen LogP contribution < -0.4 is 5.73 Å². The first-order valence-electron chi connectivity index (χ1n) is 13.9. The molecule has 2 aromatic heterocycles. The summed E-state index contributed by atoms with van der Waals surface area (Å²) in [4.78, 5) is 4.02. The lowest BCUT2D eigenvalue weighted by Gasteiger charge is -2.08. The fraction of sp³-hybridized carbons (Fsp3) is 0.0811. The normalized spacial score (nSPS) is 16.8. The van der Waals surface area contributed by atoms with E-state index >= 15 is 0 Å². The fourth-order valence-electron chi connectivity index (χ4n) is 5.82. The molecule has 1 fully saturated rings. The molecular formula is C37H28N4. The second-order valence-corrected chi connectivity index (χ2v) is 10.6. The van der Waals surface area contributed by atoms with Crippen molar-refractivity contribution >= 4 is 27.5 Å². The van der Waals surface area contributed by atoms with E-state index < -0.39 is 0 Å². The largest absolute Gasteiger partial charge is 0.398 e. The molecule has 4 heteroatoms. The molecule has 0 saturated heterocycles. The molecule has 0 radical (unpaired) electrons. The van der Waals surface area contributed by atoms with E-state index in [0.717, 1.165) is 12.0 Å². The first kappa shape index (κ1) is 24.6. The van der Waals surface area contributed by atoms with Gasteiger partial charge in [0.2, 0.25) is 0 Å². The highest BCUT2D eigenvalue weighted by Gasteiger charge is 2.36. The number of aromatic nitrogens is 2. The third-order valence-electron chi connectivity index (χ3n) is 8.02. The van der Waals surface area contributed by atoms with Gasteiger partial charge in [0.15, 0.2) is 0 Å². The van der Waals surface area contributed by atoms with Crippen molar-refractivity contribution in [1.29, 1.82) is 5.26 Å². The maximum atomic E-state index is 9.10. The minimum absolute atomic E-state index is 0.366. The van der Waals surface area contributed by atoms with E-state index in [4.69, 9.17) is 11.0 Å². The third-order valence-corrected chi connectivity index (χ3v) is 8.02. The molecule has 2 N–H and O–H groups in total. The summed E-state index contributed by atoms with van der Waals surface area (Å²) in [5.74, 6) is 0.967. The van der Waals surface area contributed by atoms with Gasteiger partial charge in [-0.1, -0.05) is 72.8 Å². The molecule has 6 aromatic rings. The Morgan fingerprint density at radius 2 is 1.56 bits per heavy atom. The van der Waals surface area contributed by atoms with Crippen LogP contribution in [0.15, 0.2) is 134 Å². The highest BCUT2D eigenvalue weighted by molar-refractivity contribution is 6.10. The summed E-state index contributed by atoms with van der Waals surface area (Å²) < 4.78 is 2.37. The summed E-state index contributed by atoms with van der Waals surface area (Å²) >= 11 is 0. The van der Waals surface area contributed by atoms with Crippen LogP contribution in [0.5, 0.6) is 0 Å². The maximum absolute atomic E-state index is 9.10. The van der Waals surface area contributed by atoms with Crippen molar-refractivity contribution in [3.05, 3.63) is 150 Å². The number of pyridine rings is 1. The first-order valence-corrected chi connectivity index (χ1v) is 13.9. The molecule has 2 heterocycles. The van der Waals surface area contributed by atoms with Crippen LogP contribution in [0.4, 0.5) is 0 Å². The fourth-order valence-corrected chi connectivity index (χ4v) is 5.82. The van der Waals surface area contributed by atoms with Crippen molar-refractivity contribution in [2.24, 2.45) is 11.7 Å².